The number of rotatable bonds is 4. The SMILES string of the molecule is CCCCC(O)C(C)(C)N. The maximum Gasteiger partial charge on any atom is 0.0714 e. The van der Waals surface area contributed by atoms with Gasteiger partial charge >= 0.3 is 0 Å². The standard InChI is InChI=1S/C8H19NO/c1-4-5-6-7(10)8(2,3)9/h7,10H,4-6,9H2,1-3H3. The largest absolute Gasteiger partial charge is 0.391 e. The zero-order chi connectivity index (χ0) is 8.20. The monoisotopic (exact) mass is 145 g/mol. The summed E-state index contributed by atoms with van der Waals surface area (Å²) in [6, 6.07) is 0. The van der Waals surface area contributed by atoms with Crippen molar-refractivity contribution in [3.8, 4) is 0 Å². The van der Waals surface area contributed by atoms with E-state index in [1.807, 2.05) is 13.8 Å². The Morgan fingerprint density at radius 2 is 2.00 bits per heavy atom. The zero-order valence-electron chi connectivity index (χ0n) is 7.22. The average molecular weight is 145 g/mol. The zero-order valence-corrected chi connectivity index (χ0v) is 7.22. The first-order chi connectivity index (χ1) is 4.48. The molecule has 62 valence electrons. The molecule has 0 aliphatic rings. The van der Waals surface area contributed by atoms with Crippen LogP contribution < -0.4 is 5.73 Å². The molecule has 0 saturated carbocycles. The average Bonchev–Trinajstić information content (AvgIpc) is 1.80. The first-order valence-corrected chi connectivity index (χ1v) is 3.95. The molecule has 1 unspecified atom stereocenters. The number of nitrogens with two attached hydrogens (primary N) is 1. The predicted octanol–water partition coefficient (Wildman–Crippen LogP) is 1.27. The minimum Gasteiger partial charge on any atom is -0.391 e. The van der Waals surface area contributed by atoms with Crippen LogP contribution in [-0.4, -0.2) is 16.7 Å². The van der Waals surface area contributed by atoms with E-state index in [0.717, 1.165) is 19.3 Å². The van der Waals surface area contributed by atoms with Crippen molar-refractivity contribution in [1.29, 1.82) is 0 Å². The lowest BCUT2D eigenvalue weighted by atomic mass is 9.95. The summed E-state index contributed by atoms with van der Waals surface area (Å²) in [4.78, 5) is 0. The van der Waals surface area contributed by atoms with Gasteiger partial charge in [-0.1, -0.05) is 19.8 Å². The van der Waals surface area contributed by atoms with E-state index in [9.17, 15) is 5.11 Å². The van der Waals surface area contributed by atoms with Gasteiger partial charge in [-0.25, -0.2) is 0 Å². The molecule has 0 bridgehead atoms. The Hall–Kier alpha value is -0.0800. The van der Waals surface area contributed by atoms with Gasteiger partial charge in [-0.2, -0.15) is 0 Å². The lowest BCUT2D eigenvalue weighted by molar-refractivity contribution is 0.0931. The fourth-order valence-corrected chi connectivity index (χ4v) is 0.769. The van der Waals surface area contributed by atoms with Gasteiger partial charge in [0.15, 0.2) is 0 Å². The van der Waals surface area contributed by atoms with E-state index in [0.29, 0.717) is 0 Å². The van der Waals surface area contributed by atoms with Crippen LogP contribution in [0.1, 0.15) is 40.0 Å². The Morgan fingerprint density at radius 1 is 1.50 bits per heavy atom. The minimum atomic E-state index is -0.435. The maximum atomic E-state index is 9.39. The third-order valence-electron chi connectivity index (χ3n) is 1.69. The predicted molar refractivity (Wildman–Crippen MR) is 43.8 cm³/mol. The first-order valence-electron chi connectivity index (χ1n) is 3.95. The van der Waals surface area contributed by atoms with Crippen LogP contribution in [0.4, 0.5) is 0 Å². The van der Waals surface area contributed by atoms with E-state index in [4.69, 9.17) is 5.73 Å². The van der Waals surface area contributed by atoms with Crippen molar-refractivity contribution in [2.45, 2.75) is 51.7 Å². The summed E-state index contributed by atoms with van der Waals surface area (Å²) in [5.41, 5.74) is 5.23. The summed E-state index contributed by atoms with van der Waals surface area (Å²) in [6.45, 7) is 5.82. The molecule has 0 radical (unpaired) electrons. The van der Waals surface area contributed by atoms with Gasteiger partial charge in [-0.3, -0.25) is 0 Å². The molecule has 3 N–H and O–H groups in total. The summed E-state index contributed by atoms with van der Waals surface area (Å²) in [6.07, 6.45) is 2.64. The van der Waals surface area contributed by atoms with Gasteiger partial charge in [0.2, 0.25) is 0 Å². The van der Waals surface area contributed by atoms with Crippen LogP contribution in [0.5, 0.6) is 0 Å². The summed E-state index contributed by atoms with van der Waals surface area (Å²) in [5, 5.41) is 9.39. The molecule has 0 aromatic rings. The van der Waals surface area contributed by atoms with Crippen molar-refractivity contribution >= 4 is 0 Å². The Morgan fingerprint density at radius 3 is 2.30 bits per heavy atom. The molecule has 0 amide bonds. The number of hydrogen-bond acceptors (Lipinski definition) is 2. The highest BCUT2D eigenvalue weighted by atomic mass is 16.3. The molecule has 0 saturated heterocycles. The van der Waals surface area contributed by atoms with E-state index in [1.54, 1.807) is 0 Å². The highest BCUT2D eigenvalue weighted by Crippen LogP contribution is 2.11. The van der Waals surface area contributed by atoms with Crippen molar-refractivity contribution in [3.05, 3.63) is 0 Å². The van der Waals surface area contributed by atoms with Gasteiger partial charge in [0.05, 0.1) is 6.10 Å². The lowest BCUT2D eigenvalue weighted by Crippen LogP contribution is -2.44. The fraction of sp³-hybridized carbons (Fsp3) is 1.00. The van der Waals surface area contributed by atoms with Crippen LogP contribution in [0.25, 0.3) is 0 Å². The molecule has 0 aromatic heterocycles. The Kier molecular flexibility index (Phi) is 3.91. The number of aliphatic hydroxyl groups excluding tert-OH is 1. The molecule has 0 fully saturated rings. The van der Waals surface area contributed by atoms with Gasteiger partial charge in [-0.05, 0) is 20.3 Å². The Balaban J connectivity index is 3.52. The van der Waals surface area contributed by atoms with Gasteiger partial charge in [0.1, 0.15) is 0 Å². The molecule has 0 spiro atoms. The second kappa shape index (κ2) is 3.94. The molecular formula is C8H19NO. The fourth-order valence-electron chi connectivity index (χ4n) is 0.769. The molecule has 2 heteroatoms. The van der Waals surface area contributed by atoms with Crippen LogP contribution in [0, 0.1) is 0 Å². The van der Waals surface area contributed by atoms with E-state index in [-0.39, 0.29) is 6.10 Å². The Labute approximate surface area is 63.4 Å². The number of hydrogen-bond donors (Lipinski definition) is 2. The summed E-state index contributed by atoms with van der Waals surface area (Å²) < 4.78 is 0. The smallest absolute Gasteiger partial charge is 0.0714 e. The van der Waals surface area contributed by atoms with Crippen molar-refractivity contribution in [2.24, 2.45) is 5.73 Å². The molecular weight excluding hydrogens is 126 g/mol. The van der Waals surface area contributed by atoms with Crippen LogP contribution in [0.3, 0.4) is 0 Å². The lowest BCUT2D eigenvalue weighted by Gasteiger charge is -2.25. The van der Waals surface area contributed by atoms with Crippen LogP contribution in [0.2, 0.25) is 0 Å². The van der Waals surface area contributed by atoms with Gasteiger partial charge in [0, 0.05) is 5.54 Å². The van der Waals surface area contributed by atoms with Crippen LogP contribution in [0.15, 0.2) is 0 Å². The van der Waals surface area contributed by atoms with Gasteiger partial charge in [0.25, 0.3) is 0 Å². The van der Waals surface area contributed by atoms with Gasteiger partial charge in [-0.15, -0.1) is 0 Å². The number of unbranched alkanes of at least 4 members (excludes halogenated alkanes) is 1. The maximum absolute atomic E-state index is 9.39. The second-order valence-corrected chi connectivity index (χ2v) is 3.48. The highest BCUT2D eigenvalue weighted by molar-refractivity contribution is 4.80. The van der Waals surface area contributed by atoms with Crippen molar-refractivity contribution in [2.75, 3.05) is 0 Å². The molecule has 0 aliphatic carbocycles. The van der Waals surface area contributed by atoms with E-state index in [1.165, 1.54) is 0 Å². The molecule has 1 atom stereocenters. The molecule has 0 aromatic carbocycles. The van der Waals surface area contributed by atoms with Crippen molar-refractivity contribution in [1.82, 2.24) is 0 Å². The first kappa shape index (κ1) is 9.92. The molecule has 0 rings (SSSR count). The molecule has 10 heavy (non-hydrogen) atoms. The quantitative estimate of drug-likeness (QED) is 0.626. The van der Waals surface area contributed by atoms with E-state index >= 15 is 0 Å². The van der Waals surface area contributed by atoms with Crippen molar-refractivity contribution in [3.63, 3.8) is 0 Å². The minimum absolute atomic E-state index is 0.354. The third kappa shape index (κ3) is 3.85. The third-order valence-corrected chi connectivity index (χ3v) is 1.69. The Bertz CT molecular complexity index is 85.7. The highest BCUT2D eigenvalue weighted by Gasteiger charge is 2.21. The normalized spacial score (nSPS) is 15.3. The topological polar surface area (TPSA) is 46.2 Å². The van der Waals surface area contributed by atoms with Crippen LogP contribution in [-0.2, 0) is 0 Å². The molecule has 2 nitrogen and oxygen atoms in total. The second-order valence-electron chi connectivity index (χ2n) is 3.48. The van der Waals surface area contributed by atoms with E-state index in [2.05, 4.69) is 6.92 Å². The number of aliphatic hydroxyl groups is 1. The summed E-state index contributed by atoms with van der Waals surface area (Å²) in [7, 11) is 0. The van der Waals surface area contributed by atoms with Crippen LogP contribution >= 0.6 is 0 Å². The van der Waals surface area contributed by atoms with Gasteiger partial charge < -0.3 is 10.8 Å². The summed E-state index contributed by atoms with van der Waals surface area (Å²) in [5.74, 6) is 0. The molecule has 0 aliphatic heterocycles. The van der Waals surface area contributed by atoms with Crippen molar-refractivity contribution < 1.29 is 5.11 Å². The molecule has 0 heterocycles. The van der Waals surface area contributed by atoms with E-state index < -0.39 is 5.54 Å². The summed E-state index contributed by atoms with van der Waals surface area (Å²) >= 11 is 0.